The standard InChI is InChI=1S/C22H22F2N2O5S/c1-31-16-5-2-13(3-6-16)11-26-18-8-14(19(27)9-15-10-22(15,23)24)4-7-20(18)32(29,30)12-17(25)21(26)28/h2-8,15,17H,9-12,25H2,1H3/t15-,17+/m1/s1. The van der Waals surface area contributed by atoms with Gasteiger partial charge in [-0.15, -0.1) is 0 Å². The van der Waals surface area contributed by atoms with Crippen molar-refractivity contribution < 1.29 is 31.5 Å². The van der Waals surface area contributed by atoms with Crippen molar-refractivity contribution in [1.29, 1.82) is 0 Å². The largest absolute Gasteiger partial charge is 0.497 e. The fourth-order valence-corrected chi connectivity index (χ4v) is 5.35. The van der Waals surface area contributed by atoms with E-state index in [0.29, 0.717) is 11.3 Å². The van der Waals surface area contributed by atoms with Gasteiger partial charge >= 0.3 is 0 Å². The van der Waals surface area contributed by atoms with Crippen LogP contribution in [0.4, 0.5) is 14.5 Å². The molecule has 1 aliphatic heterocycles. The Hall–Kier alpha value is -2.85. The third kappa shape index (κ3) is 4.24. The summed E-state index contributed by atoms with van der Waals surface area (Å²) in [7, 11) is -2.39. The van der Waals surface area contributed by atoms with Gasteiger partial charge in [0.15, 0.2) is 15.6 Å². The quantitative estimate of drug-likeness (QED) is 0.659. The van der Waals surface area contributed by atoms with E-state index in [4.69, 9.17) is 10.5 Å². The van der Waals surface area contributed by atoms with Gasteiger partial charge in [-0.05, 0) is 35.9 Å². The molecule has 2 aromatic rings. The first kappa shape index (κ1) is 22.3. The molecule has 1 saturated carbocycles. The van der Waals surface area contributed by atoms with Crippen LogP contribution in [0.5, 0.6) is 5.75 Å². The Labute approximate surface area is 184 Å². The smallest absolute Gasteiger partial charge is 0.252 e. The maximum atomic E-state index is 13.2. The first-order valence-electron chi connectivity index (χ1n) is 9.99. The van der Waals surface area contributed by atoms with Crippen LogP contribution >= 0.6 is 0 Å². The molecule has 1 heterocycles. The number of benzene rings is 2. The van der Waals surface area contributed by atoms with Crippen LogP contribution in [0.1, 0.15) is 28.8 Å². The summed E-state index contributed by atoms with van der Waals surface area (Å²) in [6.45, 7) is 0.0113. The third-order valence-electron chi connectivity index (χ3n) is 5.78. The number of methoxy groups -OCH3 is 1. The normalized spacial score (nSPS) is 23.2. The number of carbonyl (C=O) groups is 2. The summed E-state index contributed by atoms with van der Waals surface area (Å²) in [4.78, 5) is 26.7. The van der Waals surface area contributed by atoms with Crippen LogP contribution in [0.3, 0.4) is 0 Å². The van der Waals surface area contributed by atoms with E-state index in [9.17, 15) is 26.8 Å². The number of ether oxygens (including phenoxy) is 1. The fraction of sp³-hybridized carbons (Fsp3) is 0.364. The van der Waals surface area contributed by atoms with Crippen molar-refractivity contribution in [3.05, 3.63) is 53.6 Å². The first-order valence-corrected chi connectivity index (χ1v) is 11.6. The van der Waals surface area contributed by atoms with E-state index >= 15 is 0 Å². The van der Waals surface area contributed by atoms with Crippen molar-refractivity contribution in [2.75, 3.05) is 17.8 Å². The molecule has 0 radical (unpaired) electrons. The molecule has 2 N–H and O–H groups in total. The van der Waals surface area contributed by atoms with Crippen LogP contribution in [-0.2, 0) is 21.2 Å². The van der Waals surface area contributed by atoms with Gasteiger partial charge < -0.3 is 15.4 Å². The van der Waals surface area contributed by atoms with Crippen molar-refractivity contribution in [3.8, 4) is 5.75 Å². The van der Waals surface area contributed by atoms with Crippen molar-refractivity contribution in [2.24, 2.45) is 11.7 Å². The highest BCUT2D eigenvalue weighted by atomic mass is 32.2. The second kappa shape index (κ2) is 7.93. The molecule has 0 spiro atoms. The molecule has 0 bridgehead atoms. The highest BCUT2D eigenvalue weighted by molar-refractivity contribution is 7.91. The predicted molar refractivity (Wildman–Crippen MR) is 113 cm³/mol. The number of anilines is 1. The zero-order valence-electron chi connectivity index (χ0n) is 17.3. The van der Waals surface area contributed by atoms with Crippen LogP contribution < -0.4 is 15.4 Å². The maximum absolute atomic E-state index is 13.2. The van der Waals surface area contributed by atoms with Gasteiger partial charge in [0.05, 0.1) is 36.0 Å². The monoisotopic (exact) mass is 464 g/mol. The second-order valence-corrected chi connectivity index (χ2v) is 10.1. The van der Waals surface area contributed by atoms with Gasteiger partial charge in [0.1, 0.15) is 5.75 Å². The fourth-order valence-electron chi connectivity index (χ4n) is 3.79. The van der Waals surface area contributed by atoms with Crippen LogP contribution in [-0.4, -0.2) is 44.9 Å². The van der Waals surface area contributed by atoms with E-state index in [-0.39, 0.29) is 35.5 Å². The number of alkyl halides is 2. The van der Waals surface area contributed by atoms with Gasteiger partial charge in [-0.25, -0.2) is 17.2 Å². The van der Waals surface area contributed by atoms with E-state index in [1.807, 2.05) is 0 Å². The number of hydrogen-bond donors (Lipinski definition) is 1. The average molecular weight is 464 g/mol. The van der Waals surface area contributed by atoms with E-state index in [2.05, 4.69) is 0 Å². The number of sulfone groups is 1. The third-order valence-corrected chi connectivity index (χ3v) is 7.59. The van der Waals surface area contributed by atoms with Crippen molar-refractivity contribution in [3.63, 3.8) is 0 Å². The van der Waals surface area contributed by atoms with Crippen molar-refractivity contribution in [1.82, 2.24) is 0 Å². The molecule has 4 rings (SSSR count). The van der Waals surface area contributed by atoms with Gasteiger partial charge in [-0.3, -0.25) is 9.59 Å². The predicted octanol–water partition coefficient (Wildman–Crippen LogP) is 2.57. The summed E-state index contributed by atoms with van der Waals surface area (Å²) in [6, 6.07) is 9.39. The second-order valence-electron chi connectivity index (χ2n) is 8.13. The van der Waals surface area contributed by atoms with E-state index < -0.39 is 45.2 Å². The van der Waals surface area contributed by atoms with Gasteiger partial charge in [0, 0.05) is 24.3 Å². The Morgan fingerprint density at radius 3 is 2.47 bits per heavy atom. The number of amides is 1. The van der Waals surface area contributed by atoms with Gasteiger partial charge in [0.2, 0.25) is 5.91 Å². The Morgan fingerprint density at radius 2 is 1.88 bits per heavy atom. The molecule has 0 unspecified atom stereocenters. The molecule has 1 fully saturated rings. The first-order chi connectivity index (χ1) is 15.0. The lowest BCUT2D eigenvalue weighted by Crippen LogP contribution is -2.45. The summed E-state index contributed by atoms with van der Waals surface area (Å²) in [5.74, 6) is -4.95. The number of fused-ring (bicyclic) bond motifs is 1. The number of rotatable bonds is 6. The number of halogens is 2. The number of carbonyl (C=O) groups excluding carboxylic acids is 2. The van der Waals surface area contributed by atoms with Crippen LogP contribution in [0.2, 0.25) is 0 Å². The Morgan fingerprint density at radius 1 is 1.22 bits per heavy atom. The highest BCUT2D eigenvalue weighted by Gasteiger charge is 2.57. The molecule has 2 aromatic carbocycles. The lowest BCUT2D eigenvalue weighted by molar-refractivity contribution is -0.119. The minimum Gasteiger partial charge on any atom is -0.497 e. The Balaban J connectivity index is 1.73. The molecule has 1 aliphatic carbocycles. The number of ketones is 1. The number of nitrogens with zero attached hydrogens (tertiary/aromatic N) is 1. The average Bonchev–Trinajstić information content (AvgIpc) is 3.37. The number of nitrogens with two attached hydrogens (primary N) is 1. The Kier molecular flexibility index (Phi) is 5.54. The van der Waals surface area contributed by atoms with E-state index in [1.165, 1.54) is 30.2 Å². The lowest BCUT2D eigenvalue weighted by Gasteiger charge is -2.24. The minimum atomic E-state index is -3.91. The summed E-state index contributed by atoms with van der Waals surface area (Å²) < 4.78 is 57.3. The zero-order valence-corrected chi connectivity index (χ0v) is 18.1. The molecule has 2 atom stereocenters. The topological polar surface area (TPSA) is 107 Å². The summed E-state index contributed by atoms with van der Waals surface area (Å²) >= 11 is 0. The molecule has 7 nitrogen and oxygen atoms in total. The number of hydrogen-bond acceptors (Lipinski definition) is 6. The number of Topliss-reactive ketones (excluding diaryl/α,β-unsaturated/α-hetero) is 1. The van der Waals surface area contributed by atoms with Gasteiger partial charge in [-0.2, -0.15) is 0 Å². The highest BCUT2D eigenvalue weighted by Crippen LogP contribution is 2.51. The minimum absolute atomic E-state index is 0.0113. The van der Waals surface area contributed by atoms with Gasteiger partial charge in [0.25, 0.3) is 5.92 Å². The molecule has 0 aromatic heterocycles. The molecule has 10 heteroatoms. The molecule has 2 aliphatic rings. The van der Waals surface area contributed by atoms with Crippen LogP contribution in [0.15, 0.2) is 47.4 Å². The van der Waals surface area contributed by atoms with Crippen molar-refractivity contribution >= 4 is 27.2 Å². The Bertz CT molecular complexity index is 1180. The van der Waals surface area contributed by atoms with E-state index in [1.54, 1.807) is 24.3 Å². The molecule has 170 valence electrons. The zero-order chi connectivity index (χ0) is 23.3. The van der Waals surface area contributed by atoms with Gasteiger partial charge in [-0.1, -0.05) is 12.1 Å². The summed E-state index contributed by atoms with van der Waals surface area (Å²) in [6.07, 6.45) is -0.681. The molecule has 0 saturated heterocycles. The van der Waals surface area contributed by atoms with Crippen LogP contribution in [0.25, 0.3) is 0 Å². The van der Waals surface area contributed by atoms with E-state index in [0.717, 1.165) is 0 Å². The lowest BCUT2D eigenvalue weighted by atomic mass is 10.0. The molecule has 32 heavy (non-hydrogen) atoms. The summed E-state index contributed by atoms with van der Waals surface area (Å²) in [5.41, 5.74) is 6.66. The van der Waals surface area contributed by atoms with Crippen molar-refractivity contribution in [2.45, 2.75) is 36.2 Å². The summed E-state index contributed by atoms with van der Waals surface area (Å²) in [5, 5.41) is 0. The molecular formula is C22H22F2N2O5S. The molecular weight excluding hydrogens is 442 g/mol. The SMILES string of the molecule is COc1ccc(CN2C(=O)[C@@H](N)CS(=O)(=O)c3ccc(C(=O)C[C@@H]4CC4(F)F)cc32)cc1. The maximum Gasteiger partial charge on any atom is 0.252 e. The van der Waals surface area contributed by atoms with Crippen LogP contribution in [0, 0.1) is 5.92 Å². The molecule has 1 amide bonds.